The van der Waals surface area contributed by atoms with Gasteiger partial charge < -0.3 is 0 Å². The fraction of sp³-hybridized carbons (Fsp3) is 0.455. The van der Waals surface area contributed by atoms with E-state index in [4.69, 9.17) is 0 Å². The van der Waals surface area contributed by atoms with Crippen LogP contribution in [0.5, 0.6) is 0 Å². The number of nitrogens with zero attached hydrogens (tertiary/aromatic N) is 3. The zero-order chi connectivity index (χ0) is 11.8. The molecule has 0 spiro atoms. The van der Waals surface area contributed by atoms with Gasteiger partial charge in [0.1, 0.15) is 0 Å². The minimum Gasteiger partial charge on any atom is -0.229 e. The Morgan fingerprint density at radius 2 is 1.80 bits per heavy atom. The predicted molar refractivity (Wildman–Crippen MR) is 60.4 cm³/mol. The SMILES string of the molecule is CC.CC.Cc1nc2cccnn2c1F. The van der Waals surface area contributed by atoms with Crippen LogP contribution in [0.2, 0.25) is 0 Å². The maximum absolute atomic E-state index is 13.0. The van der Waals surface area contributed by atoms with Gasteiger partial charge in [0.15, 0.2) is 5.65 Å². The molecule has 4 heteroatoms. The van der Waals surface area contributed by atoms with Gasteiger partial charge in [-0.05, 0) is 19.1 Å². The molecule has 84 valence electrons. The maximum atomic E-state index is 13.0. The number of imidazole rings is 1. The summed E-state index contributed by atoms with van der Waals surface area (Å²) in [5.41, 5.74) is 0.922. The lowest BCUT2D eigenvalue weighted by Crippen LogP contribution is -1.92. The summed E-state index contributed by atoms with van der Waals surface area (Å²) >= 11 is 0. The molecular weight excluding hydrogens is 193 g/mol. The van der Waals surface area contributed by atoms with Gasteiger partial charge in [-0.3, -0.25) is 0 Å². The van der Waals surface area contributed by atoms with Crippen molar-refractivity contribution in [1.29, 1.82) is 0 Å². The van der Waals surface area contributed by atoms with E-state index in [-0.39, 0.29) is 5.95 Å². The first-order chi connectivity index (χ1) is 7.29. The lowest BCUT2D eigenvalue weighted by molar-refractivity contribution is 0.541. The van der Waals surface area contributed by atoms with Crippen molar-refractivity contribution >= 4 is 5.65 Å². The minimum absolute atomic E-state index is 0.378. The summed E-state index contributed by atoms with van der Waals surface area (Å²) in [6, 6.07) is 3.43. The molecule has 0 radical (unpaired) electrons. The molecule has 0 aliphatic heterocycles. The Kier molecular flexibility index (Phi) is 6.25. The standard InChI is InChI=1S/C7H6FN3.2C2H6/c1-5-7(8)11-6(10-5)3-2-4-9-11;2*1-2/h2-4H,1H3;2*1-2H3. The lowest BCUT2D eigenvalue weighted by Gasteiger charge is -1.88. The highest BCUT2D eigenvalue weighted by Gasteiger charge is 2.06. The highest BCUT2D eigenvalue weighted by molar-refractivity contribution is 5.37. The molecule has 0 fully saturated rings. The Balaban J connectivity index is 0.000000442. The molecule has 15 heavy (non-hydrogen) atoms. The van der Waals surface area contributed by atoms with Crippen LogP contribution in [0.15, 0.2) is 18.3 Å². The van der Waals surface area contributed by atoms with Crippen molar-refractivity contribution in [3.05, 3.63) is 30.0 Å². The molecule has 0 N–H and O–H groups in total. The first kappa shape index (κ1) is 13.5. The van der Waals surface area contributed by atoms with E-state index >= 15 is 0 Å². The van der Waals surface area contributed by atoms with E-state index in [0.717, 1.165) is 0 Å². The topological polar surface area (TPSA) is 30.2 Å². The summed E-state index contributed by atoms with van der Waals surface area (Å²) in [6.45, 7) is 9.62. The third-order valence-electron chi connectivity index (χ3n) is 1.50. The van der Waals surface area contributed by atoms with Crippen molar-refractivity contribution in [3.8, 4) is 0 Å². The molecule has 0 amide bonds. The Labute approximate surface area is 90.0 Å². The molecule has 0 aromatic carbocycles. The molecule has 2 heterocycles. The van der Waals surface area contributed by atoms with E-state index in [2.05, 4.69) is 10.1 Å². The molecule has 3 nitrogen and oxygen atoms in total. The number of rotatable bonds is 0. The molecule has 0 saturated heterocycles. The molecule has 0 aliphatic rings. The van der Waals surface area contributed by atoms with Crippen molar-refractivity contribution in [3.63, 3.8) is 0 Å². The Morgan fingerprint density at radius 1 is 1.20 bits per heavy atom. The normalized spacial score (nSPS) is 8.67. The summed E-state index contributed by atoms with van der Waals surface area (Å²) in [5, 5.41) is 3.78. The van der Waals surface area contributed by atoms with Gasteiger partial charge in [-0.1, -0.05) is 27.7 Å². The number of halogens is 1. The first-order valence-corrected chi connectivity index (χ1v) is 5.25. The Bertz CT molecular complexity index is 396. The van der Waals surface area contributed by atoms with E-state index in [1.165, 1.54) is 10.7 Å². The Morgan fingerprint density at radius 3 is 2.33 bits per heavy atom. The summed E-state index contributed by atoms with van der Waals surface area (Å²) in [5.74, 6) is -0.388. The molecule has 0 bridgehead atoms. The summed E-state index contributed by atoms with van der Waals surface area (Å²) in [7, 11) is 0. The molecular formula is C11H18FN3. The molecule has 0 unspecified atom stereocenters. The number of hydrogen-bond donors (Lipinski definition) is 0. The molecule has 0 saturated carbocycles. The third-order valence-corrected chi connectivity index (χ3v) is 1.50. The first-order valence-electron chi connectivity index (χ1n) is 5.25. The predicted octanol–water partition coefficient (Wildman–Crippen LogP) is 3.23. The van der Waals surface area contributed by atoms with Gasteiger partial charge in [-0.25, -0.2) is 4.98 Å². The van der Waals surface area contributed by atoms with Gasteiger partial charge in [0.25, 0.3) is 0 Å². The molecule has 2 rings (SSSR count). The maximum Gasteiger partial charge on any atom is 0.237 e. The number of hydrogen-bond acceptors (Lipinski definition) is 2. The van der Waals surface area contributed by atoms with E-state index in [9.17, 15) is 4.39 Å². The molecule has 0 aliphatic carbocycles. The Hall–Kier alpha value is -1.45. The highest BCUT2D eigenvalue weighted by atomic mass is 19.1. The summed E-state index contributed by atoms with van der Waals surface area (Å²) < 4.78 is 14.2. The average Bonchev–Trinajstić information content (AvgIpc) is 2.61. The van der Waals surface area contributed by atoms with E-state index < -0.39 is 0 Å². The lowest BCUT2D eigenvalue weighted by atomic mass is 10.5. The average molecular weight is 211 g/mol. The van der Waals surface area contributed by atoms with Crippen molar-refractivity contribution < 1.29 is 4.39 Å². The van der Waals surface area contributed by atoms with Gasteiger partial charge in [0, 0.05) is 6.20 Å². The summed E-state index contributed by atoms with van der Waals surface area (Å²) in [6.07, 6.45) is 1.52. The third kappa shape index (κ3) is 3.01. The van der Waals surface area contributed by atoms with Crippen molar-refractivity contribution in [2.45, 2.75) is 34.6 Å². The van der Waals surface area contributed by atoms with E-state index in [0.29, 0.717) is 11.3 Å². The van der Waals surface area contributed by atoms with Crippen LogP contribution in [0.3, 0.4) is 0 Å². The number of aromatic nitrogens is 3. The van der Waals surface area contributed by atoms with Crippen molar-refractivity contribution in [1.82, 2.24) is 14.6 Å². The molecule has 0 atom stereocenters. The van der Waals surface area contributed by atoms with Crippen LogP contribution in [0, 0.1) is 12.9 Å². The quantitative estimate of drug-likeness (QED) is 0.669. The van der Waals surface area contributed by atoms with E-state index in [1.54, 1.807) is 19.1 Å². The van der Waals surface area contributed by atoms with Crippen LogP contribution in [-0.4, -0.2) is 14.6 Å². The monoisotopic (exact) mass is 211 g/mol. The largest absolute Gasteiger partial charge is 0.237 e. The molecule has 2 aromatic rings. The van der Waals surface area contributed by atoms with Crippen molar-refractivity contribution in [2.75, 3.05) is 0 Å². The second-order valence-electron chi connectivity index (χ2n) is 2.28. The van der Waals surface area contributed by atoms with Crippen LogP contribution < -0.4 is 0 Å². The van der Waals surface area contributed by atoms with Crippen LogP contribution in [0.25, 0.3) is 5.65 Å². The van der Waals surface area contributed by atoms with Crippen LogP contribution >= 0.6 is 0 Å². The fourth-order valence-electron chi connectivity index (χ4n) is 0.971. The zero-order valence-electron chi connectivity index (χ0n) is 9.95. The number of aryl methyl sites for hydroxylation is 1. The second-order valence-corrected chi connectivity index (χ2v) is 2.28. The fourth-order valence-corrected chi connectivity index (χ4v) is 0.971. The molecule has 2 aromatic heterocycles. The number of fused-ring (bicyclic) bond motifs is 1. The van der Waals surface area contributed by atoms with Crippen molar-refractivity contribution in [2.24, 2.45) is 0 Å². The van der Waals surface area contributed by atoms with Crippen LogP contribution in [0.4, 0.5) is 4.39 Å². The van der Waals surface area contributed by atoms with Gasteiger partial charge in [-0.2, -0.15) is 14.0 Å². The van der Waals surface area contributed by atoms with Crippen LogP contribution in [0.1, 0.15) is 33.4 Å². The smallest absolute Gasteiger partial charge is 0.229 e. The van der Waals surface area contributed by atoms with Gasteiger partial charge in [-0.15, -0.1) is 0 Å². The summed E-state index contributed by atoms with van der Waals surface area (Å²) in [4.78, 5) is 3.94. The van der Waals surface area contributed by atoms with Gasteiger partial charge in [0.2, 0.25) is 5.95 Å². The van der Waals surface area contributed by atoms with Gasteiger partial charge >= 0.3 is 0 Å². The van der Waals surface area contributed by atoms with Gasteiger partial charge in [0.05, 0.1) is 5.69 Å². The minimum atomic E-state index is -0.388. The van der Waals surface area contributed by atoms with E-state index in [1.807, 2.05) is 27.7 Å². The second kappa shape index (κ2) is 6.92. The highest BCUT2D eigenvalue weighted by Crippen LogP contribution is 2.06. The van der Waals surface area contributed by atoms with Crippen LogP contribution in [-0.2, 0) is 0 Å². The zero-order valence-corrected chi connectivity index (χ0v) is 9.95.